The number of aromatic amines is 1. The van der Waals surface area contributed by atoms with Gasteiger partial charge in [0.15, 0.2) is 0 Å². The highest BCUT2D eigenvalue weighted by Crippen LogP contribution is 2.40. The van der Waals surface area contributed by atoms with Crippen LogP contribution in [0, 0.1) is 5.92 Å². The Morgan fingerprint density at radius 1 is 0.924 bits per heavy atom. The van der Waals surface area contributed by atoms with Gasteiger partial charge in [0.25, 0.3) is 25.8 Å². The van der Waals surface area contributed by atoms with Crippen LogP contribution in [0.25, 0.3) is 22.2 Å². The number of sulfone groups is 1. The van der Waals surface area contributed by atoms with Gasteiger partial charge in [-0.15, -0.1) is 0 Å². The van der Waals surface area contributed by atoms with Crippen molar-refractivity contribution in [3.8, 4) is 22.6 Å². The number of piperazine rings is 1. The van der Waals surface area contributed by atoms with Crippen molar-refractivity contribution in [2.24, 2.45) is 5.92 Å². The van der Waals surface area contributed by atoms with E-state index in [2.05, 4.69) is 30.4 Å². The molecule has 1 atom stereocenters. The number of carbonyl (C=O) groups is 1. The van der Waals surface area contributed by atoms with Crippen LogP contribution in [0.1, 0.15) is 41.3 Å². The van der Waals surface area contributed by atoms with E-state index in [0.717, 1.165) is 55.0 Å². The predicted molar refractivity (Wildman–Crippen MR) is 246 cm³/mol. The SMILES string of the molecule is O=C(NS(=O)(=O)c1ccc(NCCCN2CCNCC2)c(S(=O)(=O)C(F)(F)F)c1)c1ccc(N2CCC(C(O)c3ccccc3-c3ccc(Cl)cc3)CC2)cc1Oc1cnc2[nH]ccc2c1. The van der Waals surface area contributed by atoms with Gasteiger partial charge in [-0.05, 0) is 103 Å². The van der Waals surface area contributed by atoms with Crippen LogP contribution in [-0.2, 0) is 19.9 Å². The Balaban J connectivity index is 1.02. The number of fused-ring (bicyclic) bond motifs is 1. The van der Waals surface area contributed by atoms with Gasteiger partial charge in [0, 0.05) is 74.2 Å². The Morgan fingerprint density at radius 2 is 1.67 bits per heavy atom. The first kappa shape index (κ1) is 46.8. The molecule has 1 unspecified atom stereocenters. The summed E-state index contributed by atoms with van der Waals surface area (Å²) in [6, 6.07) is 25.4. The number of nitrogens with zero attached hydrogens (tertiary/aromatic N) is 3. The normalized spacial score (nSPS) is 16.0. The van der Waals surface area contributed by atoms with E-state index in [0.29, 0.717) is 66.7 Å². The minimum atomic E-state index is -6.04. The summed E-state index contributed by atoms with van der Waals surface area (Å²) in [5.41, 5.74) is -2.58. The van der Waals surface area contributed by atoms with Gasteiger partial charge < -0.3 is 35.3 Å². The van der Waals surface area contributed by atoms with Gasteiger partial charge in [-0.3, -0.25) is 4.79 Å². The third-order valence-electron chi connectivity index (χ3n) is 11.9. The number of carbonyl (C=O) groups excluding carboxylic acids is 1. The van der Waals surface area contributed by atoms with Crippen molar-refractivity contribution in [2.75, 3.05) is 62.6 Å². The standard InChI is InChI=1S/C46H47ClF3N7O7S2/c47-33-8-6-30(7-9-33)37-4-1-2-5-38(37)43(58)31-15-22-57(23-16-31)34-10-12-39(41(27-34)64-35-26-32-14-18-53-44(32)54-29-35)45(59)55-66(62,63)36-11-13-40(42(28-36)65(60,61)46(48,49)50)52-17-3-21-56-24-19-51-20-25-56/h1-2,4-14,18,26-29,31,43,51-52,58H,3,15-17,19-25H2,(H,53,54)(H,55,59). The minimum absolute atomic E-state index is 0.0587. The number of hydrogen-bond donors (Lipinski definition) is 5. The molecule has 0 radical (unpaired) electrons. The van der Waals surface area contributed by atoms with Crippen LogP contribution in [0.5, 0.6) is 11.5 Å². The molecule has 0 bridgehead atoms. The Morgan fingerprint density at radius 3 is 2.41 bits per heavy atom. The van der Waals surface area contributed by atoms with E-state index < -0.39 is 52.9 Å². The van der Waals surface area contributed by atoms with Crippen molar-refractivity contribution in [1.82, 2.24) is 24.9 Å². The summed E-state index contributed by atoms with van der Waals surface area (Å²) < 4.78 is 103. The van der Waals surface area contributed by atoms with Gasteiger partial charge in [-0.25, -0.2) is 26.5 Å². The smallest absolute Gasteiger partial charge is 0.455 e. The molecule has 8 rings (SSSR count). The predicted octanol–water partition coefficient (Wildman–Crippen LogP) is 7.75. The number of hydrogen-bond acceptors (Lipinski definition) is 12. The van der Waals surface area contributed by atoms with E-state index in [1.165, 1.54) is 12.3 Å². The Hall–Kier alpha value is -5.70. The average Bonchev–Trinajstić information content (AvgIpc) is 3.78. The number of amides is 1. The Labute approximate surface area is 385 Å². The summed E-state index contributed by atoms with van der Waals surface area (Å²) in [5, 5.41) is 18.9. The maximum atomic E-state index is 14.0. The lowest BCUT2D eigenvalue weighted by Gasteiger charge is -2.36. The highest BCUT2D eigenvalue weighted by atomic mass is 35.5. The van der Waals surface area contributed by atoms with Crippen LogP contribution in [0.15, 0.2) is 119 Å². The average molecular weight is 967 g/mol. The fourth-order valence-corrected chi connectivity index (χ4v) is 10.5. The zero-order chi connectivity index (χ0) is 46.6. The topological polar surface area (TPSA) is 186 Å². The number of halogens is 4. The number of alkyl halides is 3. The second kappa shape index (κ2) is 19.6. The number of pyridine rings is 1. The minimum Gasteiger partial charge on any atom is -0.455 e. The van der Waals surface area contributed by atoms with Crippen molar-refractivity contribution in [3.63, 3.8) is 0 Å². The van der Waals surface area contributed by atoms with E-state index in [-0.39, 0.29) is 29.5 Å². The fourth-order valence-electron chi connectivity index (χ4n) is 8.32. The number of aromatic nitrogens is 2. The third-order valence-corrected chi connectivity index (χ3v) is 15.0. The molecule has 5 N–H and O–H groups in total. The first-order valence-electron chi connectivity index (χ1n) is 21.3. The van der Waals surface area contributed by atoms with E-state index >= 15 is 0 Å². The number of aliphatic hydroxyl groups excluding tert-OH is 1. The van der Waals surface area contributed by atoms with Gasteiger partial charge in [0.2, 0.25) is 0 Å². The van der Waals surface area contributed by atoms with Crippen LogP contribution in [0.2, 0.25) is 5.02 Å². The van der Waals surface area contributed by atoms with Crippen molar-refractivity contribution < 1.29 is 44.6 Å². The second-order valence-corrected chi connectivity index (χ2v) is 20.2. The molecule has 4 heterocycles. The van der Waals surface area contributed by atoms with Crippen molar-refractivity contribution >= 4 is 59.8 Å². The maximum Gasteiger partial charge on any atom is 0.501 e. The number of nitrogens with one attached hydrogen (secondary N) is 4. The summed E-state index contributed by atoms with van der Waals surface area (Å²) in [6.45, 7) is 4.94. The molecule has 14 nitrogen and oxygen atoms in total. The summed E-state index contributed by atoms with van der Waals surface area (Å²) in [5.74, 6) is -1.12. The summed E-state index contributed by atoms with van der Waals surface area (Å²) >= 11 is 6.13. The molecular formula is C46H47ClF3N7O7S2. The van der Waals surface area contributed by atoms with Gasteiger partial charge in [0.05, 0.1) is 28.4 Å². The number of aliphatic hydroxyl groups is 1. The first-order chi connectivity index (χ1) is 31.6. The quantitative estimate of drug-likeness (QED) is 0.0632. The molecule has 66 heavy (non-hydrogen) atoms. The number of benzene rings is 4. The number of rotatable bonds is 15. The van der Waals surface area contributed by atoms with E-state index in [1.54, 1.807) is 42.6 Å². The van der Waals surface area contributed by atoms with E-state index in [9.17, 15) is 39.9 Å². The number of anilines is 2. The van der Waals surface area contributed by atoms with E-state index in [1.807, 2.05) is 41.1 Å². The Kier molecular flexibility index (Phi) is 13.9. The van der Waals surface area contributed by atoms with Crippen molar-refractivity contribution in [3.05, 3.63) is 126 Å². The molecular weight excluding hydrogens is 919 g/mol. The van der Waals surface area contributed by atoms with Crippen LogP contribution in [-0.4, -0.2) is 101 Å². The van der Waals surface area contributed by atoms with Crippen LogP contribution in [0.3, 0.4) is 0 Å². The molecule has 2 fully saturated rings. The zero-order valence-electron chi connectivity index (χ0n) is 35.4. The fraction of sp³-hybridized carbons (Fsp3) is 0.304. The van der Waals surface area contributed by atoms with Gasteiger partial charge in [0.1, 0.15) is 22.0 Å². The largest absolute Gasteiger partial charge is 0.501 e. The van der Waals surface area contributed by atoms with Crippen LogP contribution in [0.4, 0.5) is 24.5 Å². The number of ether oxygens (including phenoxy) is 1. The molecule has 0 spiro atoms. The lowest BCUT2D eigenvalue weighted by molar-refractivity contribution is -0.0435. The van der Waals surface area contributed by atoms with Crippen LogP contribution < -0.4 is 25.0 Å². The monoisotopic (exact) mass is 965 g/mol. The van der Waals surface area contributed by atoms with Crippen molar-refractivity contribution in [1.29, 1.82) is 0 Å². The molecule has 1 amide bonds. The van der Waals surface area contributed by atoms with Gasteiger partial charge >= 0.3 is 5.51 Å². The third kappa shape index (κ3) is 10.5. The van der Waals surface area contributed by atoms with Crippen LogP contribution >= 0.6 is 11.6 Å². The molecule has 2 saturated heterocycles. The lowest BCUT2D eigenvalue weighted by atomic mass is 9.84. The van der Waals surface area contributed by atoms with Gasteiger partial charge in [-0.2, -0.15) is 13.2 Å². The summed E-state index contributed by atoms with van der Waals surface area (Å²) in [6.07, 6.45) is 4.04. The number of sulfonamides is 1. The lowest BCUT2D eigenvalue weighted by Crippen LogP contribution is -2.44. The summed E-state index contributed by atoms with van der Waals surface area (Å²) in [4.78, 5) is 23.3. The molecule has 2 aliphatic rings. The highest BCUT2D eigenvalue weighted by Gasteiger charge is 2.48. The van der Waals surface area contributed by atoms with Gasteiger partial charge in [-0.1, -0.05) is 48.0 Å². The molecule has 4 aromatic carbocycles. The molecule has 0 aliphatic carbocycles. The second-order valence-electron chi connectivity index (χ2n) is 16.1. The molecule has 2 aromatic heterocycles. The number of piperidine rings is 1. The summed E-state index contributed by atoms with van der Waals surface area (Å²) in [7, 11) is -11.0. The maximum absolute atomic E-state index is 14.0. The molecule has 20 heteroatoms. The Bertz CT molecular complexity index is 2920. The first-order valence-corrected chi connectivity index (χ1v) is 24.6. The molecule has 348 valence electrons. The molecule has 6 aromatic rings. The molecule has 0 saturated carbocycles. The molecule has 2 aliphatic heterocycles. The zero-order valence-corrected chi connectivity index (χ0v) is 37.8. The number of H-pyrrole nitrogens is 1. The van der Waals surface area contributed by atoms with E-state index in [4.69, 9.17) is 16.3 Å². The van der Waals surface area contributed by atoms with Crippen molar-refractivity contribution in [2.45, 2.75) is 40.7 Å². The highest BCUT2D eigenvalue weighted by molar-refractivity contribution is 7.92.